The van der Waals surface area contributed by atoms with Crippen molar-refractivity contribution < 1.29 is 18.7 Å². The molecule has 1 saturated heterocycles. The molecule has 2 heterocycles. The summed E-state index contributed by atoms with van der Waals surface area (Å²) in [5, 5.41) is 3.17. The Morgan fingerprint density at radius 1 is 1.03 bits per heavy atom. The maximum Gasteiger partial charge on any atom is 0.254 e. The number of para-hydroxylation sites is 1. The number of anilines is 1. The summed E-state index contributed by atoms with van der Waals surface area (Å²) in [6, 6.07) is 13.8. The van der Waals surface area contributed by atoms with Crippen LogP contribution < -0.4 is 10.9 Å². The van der Waals surface area contributed by atoms with Crippen molar-refractivity contribution in [2.24, 2.45) is 0 Å². The lowest BCUT2D eigenvalue weighted by molar-refractivity contribution is -0.116. The Morgan fingerprint density at radius 3 is 2.57 bits per heavy atom. The second-order valence-electron chi connectivity index (χ2n) is 6.96. The molecule has 0 atom stereocenters. The van der Waals surface area contributed by atoms with E-state index in [0.717, 1.165) is 0 Å². The van der Waals surface area contributed by atoms with Crippen LogP contribution in [0.5, 0.6) is 0 Å². The SMILES string of the molecule is O=C(Cn1c(=O)cc(C(=O)N2CCOCC2)c2ccccc21)Nc1cccc(F)c1. The molecule has 1 aliphatic heterocycles. The highest BCUT2D eigenvalue weighted by Crippen LogP contribution is 2.19. The van der Waals surface area contributed by atoms with Gasteiger partial charge in [0.25, 0.3) is 11.5 Å². The van der Waals surface area contributed by atoms with Crippen molar-refractivity contribution in [2.45, 2.75) is 6.54 Å². The molecule has 8 heteroatoms. The Hall–Kier alpha value is -3.52. The molecule has 3 aromatic rings. The summed E-state index contributed by atoms with van der Waals surface area (Å²) < 4.78 is 19.9. The van der Waals surface area contributed by atoms with Crippen molar-refractivity contribution in [3.8, 4) is 0 Å². The fourth-order valence-electron chi connectivity index (χ4n) is 3.52. The lowest BCUT2D eigenvalue weighted by Crippen LogP contribution is -2.41. The molecule has 1 aromatic heterocycles. The molecule has 2 amide bonds. The zero-order chi connectivity index (χ0) is 21.1. The number of carbonyl (C=O) groups is 2. The number of nitrogens with one attached hydrogen (secondary N) is 1. The van der Waals surface area contributed by atoms with Crippen LogP contribution >= 0.6 is 0 Å². The van der Waals surface area contributed by atoms with Gasteiger partial charge in [-0.3, -0.25) is 19.0 Å². The first-order valence-electron chi connectivity index (χ1n) is 9.58. The van der Waals surface area contributed by atoms with Crippen LogP contribution in [0.3, 0.4) is 0 Å². The number of rotatable bonds is 4. The molecule has 1 aliphatic rings. The average Bonchev–Trinajstić information content (AvgIpc) is 2.75. The van der Waals surface area contributed by atoms with Crippen LogP contribution in [0.1, 0.15) is 10.4 Å². The van der Waals surface area contributed by atoms with E-state index in [0.29, 0.717) is 48.5 Å². The van der Waals surface area contributed by atoms with Crippen LogP contribution in [0.2, 0.25) is 0 Å². The molecule has 0 saturated carbocycles. The van der Waals surface area contributed by atoms with Crippen molar-refractivity contribution in [1.82, 2.24) is 9.47 Å². The maximum absolute atomic E-state index is 13.3. The molecule has 0 aliphatic carbocycles. The smallest absolute Gasteiger partial charge is 0.254 e. The summed E-state index contributed by atoms with van der Waals surface area (Å²) in [6.07, 6.45) is 0. The van der Waals surface area contributed by atoms with Gasteiger partial charge in [0.2, 0.25) is 5.91 Å². The Balaban J connectivity index is 1.66. The minimum atomic E-state index is -0.472. The van der Waals surface area contributed by atoms with Crippen LogP contribution in [-0.2, 0) is 16.1 Å². The molecular formula is C22H20FN3O4. The molecule has 1 N–H and O–H groups in total. The van der Waals surface area contributed by atoms with E-state index in [2.05, 4.69) is 5.32 Å². The summed E-state index contributed by atoms with van der Waals surface area (Å²) in [4.78, 5) is 39.9. The lowest BCUT2D eigenvalue weighted by Gasteiger charge is -2.27. The highest BCUT2D eigenvalue weighted by molar-refractivity contribution is 6.06. The molecule has 7 nitrogen and oxygen atoms in total. The number of fused-ring (bicyclic) bond motifs is 1. The van der Waals surface area contributed by atoms with Crippen LogP contribution in [-0.4, -0.2) is 47.6 Å². The fraction of sp³-hybridized carbons (Fsp3) is 0.227. The van der Waals surface area contributed by atoms with Crippen LogP contribution in [0.15, 0.2) is 59.4 Å². The van der Waals surface area contributed by atoms with E-state index in [1.807, 2.05) is 0 Å². The predicted octanol–water partition coefficient (Wildman–Crippen LogP) is 2.25. The van der Waals surface area contributed by atoms with Crippen molar-refractivity contribution in [1.29, 1.82) is 0 Å². The van der Waals surface area contributed by atoms with Crippen molar-refractivity contribution in [3.63, 3.8) is 0 Å². The number of nitrogens with zero attached hydrogens (tertiary/aromatic N) is 2. The first-order valence-corrected chi connectivity index (χ1v) is 9.58. The van der Waals surface area contributed by atoms with Crippen molar-refractivity contribution in [2.75, 3.05) is 31.6 Å². The van der Waals surface area contributed by atoms with E-state index in [-0.39, 0.29) is 12.5 Å². The summed E-state index contributed by atoms with van der Waals surface area (Å²) in [5.74, 6) is -1.18. The first-order chi connectivity index (χ1) is 14.5. The van der Waals surface area contributed by atoms with Gasteiger partial charge in [-0.15, -0.1) is 0 Å². The van der Waals surface area contributed by atoms with Gasteiger partial charge >= 0.3 is 0 Å². The number of hydrogen-bond acceptors (Lipinski definition) is 4. The number of aromatic nitrogens is 1. The second kappa shape index (κ2) is 8.46. The molecule has 2 aromatic carbocycles. The van der Waals surface area contributed by atoms with Gasteiger partial charge in [0.1, 0.15) is 12.4 Å². The molecule has 154 valence electrons. The Labute approximate surface area is 171 Å². The zero-order valence-corrected chi connectivity index (χ0v) is 16.1. The van der Waals surface area contributed by atoms with Gasteiger partial charge < -0.3 is 15.0 Å². The Morgan fingerprint density at radius 2 is 1.80 bits per heavy atom. The van der Waals surface area contributed by atoms with Gasteiger partial charge in [0.05, 0.1) is 24.3 Å². The molecule has 4 rings (SSSR count). The van der Waals surface area contributed by atoms with Gasteiger partial charge in [-0.05, 0) is 24.3 Å². The van der Waals surface area contributed by atoms with Crippen LogP contribution in [0.4, 0.5) is 10.1 Å². The fourth-order valence-corrected chi connectivity index (χ4v) is 3.52. The van der Waals surface area contributed by atoms with Gasteiger partial charge in [-0.2, -0.15) is 0 Å². The van der Waals surface area contributed by atoms with Crippen molar-refractivity contribution in [3.05, 3.63) is 76.3 Å². The third-order valence-electron chi connectivity index (χ3n) is 4.96. The third kappa shape index (κ3) is 4.08. The molecule has 30 heavy (non-hydrogen) atoms. The Bertz CT molecular complexity index is 1170. The van der Waals surface area contributed by atoms with E-state index >= 15 is 0 Å². The quantitative estimate of drug-likeness (QED) is 0.717. The minimum absolute atomic E-state index is 0.233. The van der Waals surface area contributed by atoms with Gasteiger partial charge in [-0.1, -0.05) is 24.3 Å². The zero-order valence-electron chi connectivity index (χ0n) is 16.1. The maximum atomic E-state index is 13.3. The summed E-state index contributed by atoms with van der Waals surface area (Å²) in [7, 11) is 0. The molecule has 0 spiro atoms. The van der Waals surface area contributed by atoms with E-state index in [4.69, 9.17) is 4.74 Å². The Kier molecular flexibility index (Phi) is 5.58. The highest BCUT2D eigenvalue weighted by atomic mass is 19.1. The average molecular weight is 409 g/mol. The second-order valence-corrected chi connectivity index (χ2v) is 6.96. The number of hydrogen-bond donors (Lipinski definition) is 1. The summed E-state index contributed by atoms with van der Waals surface area (Å²) in [5.41, 5.74) is 0.631. The standard InChI is InChI=1S/C22H20FN3O4/c23-15-4-3-5-16(12-15)24-20(27)14-26-19-7-2-1-6-17(19)18(13-21(26)28)22(29)25-8-10-30-11-9-25/h1-7,12-13H,8-11,14H2,(H,24,27). The molecule has 0 unspecified atom stereocenters. The monoisotopic (exact) mass is 409 g/mol. The number of carbonyl (C=O) groups excluding carboxylic acids is 2. The normalized spacial score (nSPS) is 14.0. The summed E-state index contributed by atoms with van der Waals surface area (Å²) in [6.45, 7) is 1.59. The van der Waals surface area contributed by atoms with E-state index in [9.17, 15) is 18.8 Å². The number of pyridine rings is 1. The minimum Gasteiger partial charge on any atom is -0.378 e. The number of halogens is 1. The predicted molar refractivity (Wildman–Crippen MR) is 110 cm³/mol. The molecule has 0 bridgehead atoms. The molecule has 1 fully saturated rings. The number of ether oxygens (including phenoxy) is 1. The number of benzene rings is 2. The van der Waals surface area contributed by atoms with E-state index in [1.165, 1.54) is 28.8 Å². The largest absolute Gasteiger partial charge is 0.378 e. The highest BCUT2D eigenvalue weighted by Gasteiger charge is 2.22. The number of morpholine rings is 1. The van der Waals surface area contributed by atoms with Gasteiger partial charge in [0, 0.05) is 30.2 Å². The topological polar surface area (TPSA) is 80.6 Å². The number of amides is 2. The third-order valence-corrected chi connectivity index (χ3v) is 4.96. The first kappa shape index (κ1) is 19.8. The molecular weight excluding hydrogens is 389 g/mol. The molecule has 0 radical (unpaired) electrons. The van der Waals surface area contributed by atoms with Gasteiger partial charge in [-0.25, -0.2) is 4.39 Å². The van der Waals surface area contributed by atoms with E-state index < -0.39 is 17.3 Å². The van der Waals surface area contributed by atoms with E-state index in [1.54, 1.807) is 35.2 Å². The van der Waals surface area contributed by atoms with Gasteiger partial charge in [0.15, 0.2) is 0 Å². The van der Waals surface area contributed by atoms with Crippen LogP contribution in [0, 0.1) is 5.82 Å². The van der Waals surface area contributed by atoms with Crippen molar-refractivity contribution >= 4 is 28.4 Å². The lowest BCUT2D eigenvalue weighted by atomic mass is 10.1. The van der Waals surface area contributed by atoms with Crippen LogP contribution in [0.25, 0.3) is 10.9 Å². The summed E-state index contributed by atoms with van der Waals surface area (Å²) >= 11 is 0.